The summed E-state index contributed by atoms with van der Waals surface area (Å²) in [5.74, 6) is 0. The number of fused-ring (bicyclic) bond motifs is 1. The van der Waals surface area contributed by atoms with Crippen molar-refractivity contribution < 1.29 is 9.53 Å². The van der Waals surface area contributed by atoms with E-state index in [-0.39, 0.29) is 6.42 Å². The zero-order valence-corrected chi connectivity index (χ0v) is 7.06. The molecule has 2 rings (SSSR count). The summed E-state index contributed by atoms with van der Waals surface area (Å²) in [4.78, 5) is 10.3. The van der Waals surface area contributed by atoms with Crippen LogP contribution in [0.5, 0.6) is 0 Å². The van der Waals surface area contributed by atoms with E-state index in [4.69, 9.17) is 0 Å². The van der Waals surface area contributed by atoms with Crippen LogP contribution in [-0.4, -0.2) is 16.7 Å². The summed E-state index contributed by atoms with van der Waals surface area (Å²) in [5.41, 5.74) is 2.32. The highest BCUT2D eigenvalue weighted by Gasteiger charge is 2.24. The van der Waals surface area contributed by atoms with Gasteiger partial charge >= 0.3 is 0 Å². The smallest absolute Gasteiger partial charge is 0.220 e. The molecule has 1 aromatic rings. The predicted molar refractivity (Wildman–Crippen MR) is 49.1 cm³/mol. The third-order valence-electron chi connectivity index (χ3n) is 2.21. The molecule has 0 spiro atoms. The molecule has 0 unspecified atom stereocenters. The van der Waals surface area contributed by atoms with E-state index < -0.39 is 0 Å². The summed E-state index contributed by atoms with van der Waals surface area (Å²) in [6.07, 6.45) is 1.61. The Morgan fingerprint density at radius 3 is 2.92 bits per heavy atom. The van der Waals surface area contributed by atoms with Gasteiger partial charge in [0.2, 0.25) is 5.69 Å². The SMILES string of the molecule is O=CCC1=[N+]([O-])c2ccccc2C1. The molecular formula is C10H9NO2. The fourth-order valence-corrected chi connectivity index (χ4v) is 1.57. The summed E-state index contributed by atoms with van der Waals surface area (Å²) in [7, 11) is 0. The molecule has 0 saturated carbocycles. The lowest BCUT2D eigenvalue weighted by molar-refractivity contribution is -0.358. The van der Waals surface area contributed by atoms with Gasteiger partial charge in [-0.25, -0.2) is 0 Å². The molecule has 1 aromatic carbocycles. The normalized spacial score (nSPS) is 14.5. The van der Waals surface area contributed by atoms with Crippen molar-refractivity contribution in [2.24, 2.45) is 0 Å². The van der Waals surface area contributed by atoms with Crippen molar-refractivity contribution in [1.29, 1.82) is 0 Å². The lowest BCUT2D eigenvalue weighted by atomic mass is 10.1. The Hall–Kier alpha value is -1.64. The fraction of sp³-hybridized carbons (Fsp3) is 0.200. The standard InChI is InChI=1S/C10H9NO2/c12-6-5-9-7-8-3-1-2-4-10(8)11(9)13/h1-4,6H,5,7H2. The highest BCUT2D eigenvalue weighted by molar-refractivity contribution is 5.95. The van der Waals surface area contributed by atoms with Gasteiger partial charge in [0.1, 0.15) is 6.29 Å². The molecule has 13 heavy (non-hydrogen) atoms. The Balaban J connectivity index is 2.41. The maximum Gasteiger partial charge on any atom is 0.220 e. The minimum atomic E-state index is 0.234. The molecule has 3 nitrogen and oxygen atoms in total. The number of carbonyl (C=O) groups excluding carboxylic acids is 1. The molecule has 0 saturated heterocycles. The zero-order valence-electron chi connectivity index (χ0n) is 7.06. The van der Waals surface area contributed by atoms with E-state index in [1.165, 1.54) is 0 Å². The average Bonchev–Trinajstić information content (AvgIpc) is 2.46. The Morgan fingerprint density at radius 1 is 1.46 bits per heavy atom. The molecule has 1 aliphatic heterocycles. The number of carbonyl (C=O) groups is 1. The maximum atomic E-state index is 11.5. The molecule has 0 radical (unpaired) electrons. The van der Waals surface area contributed by atoms with Gasteiger partial charge in [-0.15, -0.1) is 0 Å². The summed E-state index contributed by atoms with van der Waals surface area (Å²) in [5, 5.41) is 11.5. The number of nitrogens with zero attached hydrogens (tertiary/aromatic N) is 1. The minimum Gasteiger partial charge on any atom is -0.618 e. The van der Waals surface area contributed by atoms with Crippen LogP contribution in [0.3, 0.4) is 0 Å². The highest BCUT2D eigenvalue weighted by Crippen LogP contribution is 2.25. The van der Waals surface area contributed by atoms with Crippen LogP contribution in [0.2, 0.25) is 0 Å². The number of rotatable bonds is 2. The number of aldehydes is 1. The molecule has 0 amide bonds. The summed E-state index contributed by atoms with van der Waals surface area (Å²) in [6.45, 7) is 0. The fourth-order valence-electron chi connectivity index (χ4n) is 1.57. The van der Waals surface area contributed by atoms with Crippen molar-refractivity contribution in [2.45, 2.75) is 12.8 Å². The van der Waals surface area contributed by atoms with Crippen LogP contribution in [0, 0.1) is 5.21 Å². The van der Waals surface area contributed by atoms with Gasteiger partial charge in [-0.3, -0.25) is 0 Å². The van der Waals surface area contributed by atoms with Crippen molar-refractivity contribution in [3.63, 3.8) is 0 Å². The molecular weight excluding hydrogens is 166 g/mol. The van der Waals surface area contributed by atoms with Crippen LogP contribution in [0.1, 0.15) is 12.0 Å². The van der Waals surface area contributed by atoms with E-state index in [0.717, 1.165) is 16.6 Å². The summed E-state index contributed by atoms with van der Waals surface area (Å²) < 4.78 is 0.865. The minimum absolute atomic E-state index is 0.234. The van der Waals surface area contributed by atoms with Crippen LogP contribution in [0.15, 0.2) is 24.3 Å². The van der Waals surface area contributed by atoms with Crippen LogP contribution in [0.25, 0.3) is 0 Å². The lowest BCUT2D eigenvalue weighted by Crippen LogP contribution is -2.07. The summed E-state index contributed by atoms with van der Waals surface area (Å²) >= 11 is 0. The Kier molecular flexibility index (Phi) is 1.85. The van der Waals surface area contributed by atoms with E-state index in [9.17, 15) is 10.0 Å². The van der Waals surface area contributed by atoms with Crippen LogP contribution < -0.4 is 0 Å². The molecule has 1 aliphatic rings. The van der Waals surface area contributed by atoms with E-state index >= 15 is 0 Å². The van der Waals surface area contributed by atoms with Crippen molar-refractivity contribution in [3.8, 4) is 0 Å². The number of benzene rings is 1. The first-order chi connectivity index (χ1) is 6.33. The first-order valence-electron chi connectivity index (χ1n) is 4.16. The van der Waals surface area contributed by atoms with Gasteiger partial charge in [0.15, 0.2) is 5.71 Å². The molecule has 66 valence electrons. The van der Waals surface area contributed by atoms with E-state index in [1.807, 2.05) is 18.2 Å². The Morgan fingerprint density at radius 2 is 2.23 bits per heavy atom. The second-order valence-electron chi connectivity index (χ2n) is 3.04. The van der Waals surface area contributed by atoms with Crippen molar-refractivity contribution >= 4 is 17.7 Å². The van der Waals surface area contributed by atoms with Crippen molar-refractivity contribution in [2.75, 3.05) is 0 Å². The van der Waals surface area contributed by atoms with Gasteiger partial charge in [-0.1, -0.05) is 18.2 Å². The molecule has 0 aromatic heterocycles. The van der Waals surface area contributed by atoms with Crippen molar-refractivity contribution in [1.82, 2.24) is 0 Å². The van der Waals surface area contributed by atoms with Gasteiger partial charge in [0, 0.05) is 11.6 Å². The molecule has 0 aliphatic carbocycles. The maximum absolute atomic E-state index is 11.5. The average molecular weight is 175 g/mol. The first kappa shape index (κ1) is 7.98. The van der Waals surface area contributed by atoms with Crippen molar-refractivity contribution in [3.05, 3.63) is 35.0 Å². The topological polar surface area (TPSA) is 43.1 Å². The molecule has 1 heterocycles. The lowest BCUT2D eigenvalue weighted by Gasteiger charge is -1.99. The van der Waals surface area contributed by atoms with Gasteiger partial charge < -0.3 is 10.0 Å². The largest absolute Gasteiger partial charge is 0.618 e. The van der Waals surface area contributed by atoms with Crippen LogP contribution >= 0.6 is 0 Å². The molecule has 0 atom stereocenters. The Labute approximate surface area is 75.9 Å². The van der Waals surface area contributed by atoms with Crippen LogP contribution in [0.4, 0.5) is 5.69 Å². The Bertz CT molecular complexity index is 382. The third kappa shape index (κ3) is 1.22. The van der Waals surface area contributed by atoms with E-state index in [0.29, 0.717) is 17.8 Å². The summed E-state index contributed by atoms with van der Waals surface area (Å²) in [6, 6.07) is 7.42. The first-order valence-corrected chi connectivity index (χ1v) is 4.16. The van der Waals surface area contributed by atoms with E-state index in [2.05, 4.69) is 0 Å². The highest BCUT2D eigenvalue weighted by atomic mass is 16.5. The molecule has 0 fully saturated rings. The molecule has 0 N–H and O–H groups in total. The van der Waals surface area contributed by atoms with Gasteiger partial charge in [-0.2, -0.15) is 4.74 Å². The molecule has 3 heteroatoms. The second-order valence-corrected chi connectivity index (χ2v) is 3.04. The van der Waals surface area contributed by atoms with E-state index in [1.54, 1.807) is 6.07 Å². The van der Waals surface area contributed by atoms with Gasteiger partial charge in [-0.05, 0) is 0 Å². The number of hydrogen-bond donors (Lipinski definition) is 0. The zero-order chi connectivity index (χ0) is 9.26. The van der Waals surface area contributed by atoms with Gasteiger partial charge in [0.05, 0.1) is 12.8 Å². The quantitative estimate of drug-likeness (QED) is 0.387. The number of hydrogen-bond acceptors (Lipinski definition) is 2. The molecule has 0 bridgehead atoms. The monoisotopic (exact) mass is 175 g/mol. The van der Waals surface area contributed by atoms with Crippen LogP contribution in [-0.2, 0) is 11.2 Å². The second kappa shape index (κ2) is 3.01. The van der Waals surface area contributed by atoms with Gasteiger partial charge in [0.25, 0.3) is 0 Å². The predicted octanol–water partition coefficient (Wildman–Crippen LogP) is 1.41. The third-order valence-corrected chi connectivity index (χ3v) is 2.21. The number of para-hydroxylation sites is 1.